The minimum atomic E-state index is -0.963. The third-order valence-electron chi connectivity index (χ3n) is 13.1. The summed E-state index contributed by atoms with van der Waals surface area (Å²) in [6.45, 7) is 15.1. The molecule has 396 valence electrons. The fourth-order valence-corrected chi connectivity index (χ4v) is 11.2. The number of thiophene rings is 1. The second kappa shape index (κ2) is 24.5. The zero-order valence-corrected chi connectivity index (χ0v) is 45.7. The molecule has 2 aliphatic heterocycles. The topological polar surface area (TPSA) is 211 Å². The molecule has 4 atom stereocenters. The van der Waals surface area contributed by atoms with Crippen LogP contribution in [0.15, 0.2) is 83.3 Å². The summed E-state index contributed by atoms with van der Waals surface area (Å²) in [7, 11) is 0. The number of aryl methyl sites for hydroxylation is 3. The molecule has 75 heavy (non-hydrogen) atoms. The van der Waals surface area contributed by atoms with E-state index in [-0.39, 0.29) is 51.0 Å². The largest absolute Gasteiger partial charge is 0.494 e. The van der Waals surface area contributed by atoms with Gasteiger partial charge in [0.25, 0.3) is 0 Å². The van der Waals surface area contributed by atoms with Crippen LogP contribution in [0.4, 0.5) is 5.69 Å². The van der Waals surface area contributed by atoms with Crippen LogP contribution in [0, 0.1) is 33.1 Å². The first-order chi connectivity index (χ1) is 35.9. The van der Waals surface area contributed by atoms with Gasteiger partial charge in [-0.05, 0) is 92.6 Å². The summed E-state index contributed by atoms with van der Waals surface area (Å²) < 4.78 is 19.3. The zero-order chi connectivity index (χ0) is 53.4. The lowest BCUT2D eigenvalue weighted by molar-refractivity contribution is -0.144. The first kappa shape index (κ1) is 54.9. The Bertz CT molecular complexity index is 3000. The number of likely N-dealkylation sites (tertiary alicyclic amines) is 1. The van der Waals surface area contributed by atoms with Crippen molar-refractivity contribution in [3.63, 3.8) is 0 Å². The van der Waals surface area contributed by atoms with Crippen molar-refractivity contribution >= 4 is 69.3 Å². The molecule has 1 unspecified atom stereocenters. The molecular formula is C55H64ClN9O8S2. The van der Waals surface area contributed by atoms with Crippen LogP contribution in [0.25, 0.3) is 15.4 Å². The number of benzene rings is 3. The quantitative estimate of drug-likeness (QED) is 0.0504. The van der Waals surface area contributed by atoms with Gasteiger partial charge in [-0.1, -0.05) is 68.8 Å². The van der Waals surface area contributed by atoms with E-state index in [9.17, 15) is 24.3 Å². The minimum absolute atomic E-state index is 0.0177. The highest BCUT2D eigenvalue weighted by molar-refractivity contribution is 7.15. The van der Waals surface area contributed by atoms with Crippen LogP contribution in [0.2, 0.25) is 5.02 Å². The van der Waals surface area contributed by atoms with Crippen LogP contribution in [0.5, 0.6) is 5.75 Å². The number of aliphatic hydroxyl groups excluding tert-OH is 1. The third-order valence-corrected chi connectivity index (χ3v) is 15.5. The summed E-state index contributed by atoms with van der Waals surface area (Å²) >= 11 is 9.48. The van der Waals surface area contributed by atoms with E-state index in [4.69, 9.17) is 30.8 Å². The number of aliphatic imine (C=N–C) groups is 1. The van der Waals surface area contributed by atoms with Crippen LogP contribution < -0.4 is 20.7 Å². The summed E-state index contributed by atoms with van der Waals surface area (Å²) in [5.41, 5.74) is 8.43. The molecule has 3 aromatic carbocycles. The third kappa shape index (κ3) is 13.6. The molecule has 0 bridgehead atoms. The Morgan fingerprint density at radius 2 is 1.56 bits per heavy atom. The molecule has 4 amide bonds. The number of anilines is 1. The summed E-state index contributed by atoms with van der Waals surface area (Å²) in [6.07, 6.45) is 0.453. The van der Waals surface area contributed by atoms with Crippen LogP contribution in [0.1, 0.15) is 97.0 Å². The Morgan fingerprint density at radius 1 is 0.867 bits per heavy atom. The molecule has 5 heterocycles. The van der Waals surface area contributed by atoms with E-state index >= 15 is 0 Å². The molecule has 3 aromatic heterocycles. The number of nitrogens with zero attached hydrogens (tertiary/aromatic N) is 6. The Hall–Kier alpha value is -6.35. The Morgan fingerprint density at radius 3 is 2.25 bits per heavy atom. The molecule has 8 rings (SSSR count). The van der Waals surface area contributed by atoms with E-state index in [1.54, 1.807) is 46.9 Å². The summed E-state index contributed by atoms with van der Waals surface area (Å²) in [5, 5.41) is 29.8. The van der Waals surface area contributed by atoms with Crippen molar-refractivity contribution in [2.75, 3.05) is 44.9 Å². The van der Waals surface area contributed by atoms with E-state index in [0.29, 0.717) is 54.9 Å². The highest BCUT2D eigenvalue weighted by Gasteiger charge is 2.44. The smallest absolute Gasteiger partial charge is 0.246 e. The number of halogens is 1. The minimum Gasteiger partial charge on any atom is -0.494 e. The molecule has 0 radical (unpaired) electrons. The summed E-state index contributed by atoms with van der Waals surface area (Å²) in [5.74, 6) is 0.474. The van der Waals surface area contributed by atoms with Crippen molar-refractivity contribution < 1.29 is 38.5 Å². The fraction of sp³-hybridized carbons (Fsp3) is 0.418. The average molecular weight is 1080 g/mol. The Labute approximate surface area is 450 Å². The van der Waals surface area contributed by atoms with Crippen LogP contribution in [-0.4, -0.2) is 117 Å². The van der Waals surface area contributed by atoms with Crippen molar-refractivity contribution in [2.24, 2.45) is 10.4 Å². The molecule has 0 saturated carbocycles. The van der Waals surface area contributed by atoms with Gasteiger partial charge in [0.05, 0.1) is 40.9 Å². The molecule has 0 spiro atoms. The molecule has 2 aliphatic rings. The number of rotatable bonds is 21. The molecule has 4 N–H and O–H groups in total. The number of nitrogens with one attached hydrogen (secondary N) is 3. The number of ether oxygens (including phenoxy) is 3. The number of aliphatic hydroxyl groups is 1. The normalized spacial score (nSPS) is 16.6. The first-order valence-electron chi connectivity index (χ1n) is 25.0. The maximum Gasteiger partial charge on any atom is 0.246 e. The lowest BCUT2D eigenvalue weighted by Gasteiger charge is -2.35. The molecule has 6 aromatic rings. The molecule has 20 heteroatoms. The number of β-amino-alcohol motifs (C(OH)–C–C–N with tert-alkyl or cyclic N) is 1. The second-order valence-corrected chi connectivity index (χ2v) is 22.3. The number of fused-ring (bicyclic) bond motifs is 3. The van der Waals surface area contributed by atoms with E-state index in [0.717, 1.165) is 54.9 Å². The van der Waals surface area contributed by atoms with Gasteiger partial charge in [-0.2, -0.15) is 0 Å². The predicted octanol–water partition coefficient (Wildman–Crippen LogP) is 8.26. The van der Waals surface area contributed by atoms with Crippen molar-refractivity contribution in [3.05, 3.63) is 128 Å². The molecule has 1 fully saturated rings. The number of aromatic nitrogens is 4. The van der Waals surface area contributed by atoms with Gasteiger partial charge in [-0.25, -0.2) is 4.98 Å². The Kier molecular flexibility index (Phi) is 18.0. The number of amides is 4. The van der Waals surface area contributed by atoms with Crippen LogP contribution in [-0.2, 0) is 35.2 Å². The standard InChI is InChI=1S/C55H64ClN9O8S2/c1-32-34(3)75-54-47(32)48(37-14-16-39(56)17-15-37)60-43(51-63-62-35(4)65(51)54)27-45(67)59-40-18-20-42(21-19-40)73-25-9-23-71-22-8-24-72-30-46(68)61-50(55(5,6)7)53(70)64-29-41(66)26-44(64)52(69)57-28-36-10-12-38(13-11-36)49-33(2)58-31-74-49/h10-21,31,41,43-44,50,66H,8-9,22-30H2,1-7H3,(H,57,69)(H,59,67)(H,61,68)/t41-,43-,44?,50+/m0/s1. The monoisotopic (exact) mass is 1080 g/mol. The van der Waals surface area contributed by atoms with Gasteiger partial charge in [0.15, 0.2) is 5.82 Å². The molecule has 17 nitrogen and oxygen atoms in total. The predicted molar refractivity (Wildman–Crippen MR) is 291 cm³/mol. The summed E-state index contributed by atoms with van der Waals surface area (Å²) in [4.78, 5) is 67.2. The lowest BCUT2D eigenvalue weighted by Crippen LogP contribution is -2.58. The van der Waals surface area contributed by atoms with Gasteiger partial charge in [0.1, 0.15) is 41.3 Å². The van der Waals surface area contributed by atoms with Gasteiger partial charge < -0.3 is 40.2 Å². The Balaban J connectivity index is 0.723. The number of hydrogen-bond acceptors (Lipinski definition) is 14. The lowest BCUT2D eigenvalue weighted by atomic mass is 9.85. The maximum absolute atomic E-state index is 14.0. The number of thiazole rings is 1. The van der Waals surface area contributed by atoms with Crippen molar-refractivity contribution in [1.29, 1.82) is 0 Å². The van der Waals surface area contributed by atoms with E-state index in [1.807, 2.05) is 93.2 Å². The highest BCUT2D eigenvalue weighted by atomic mass is 35.5. The van der Waals surface area contributed by atoms with E-state index < -0.39 is 41.5 Å². The molecular weight excluding hydrogens is 1010 g/mol. The molecule has 1 saturated heterocycles. The van der Waals surface area contributed by atoms with Crippen molar-refractivity contribution in [1.82, 2.24) is 35.3 Å². The van der Waals surface area contributed by atoms with E-state index in [1.165, 1.54) is 9.78 Å². The van der Waals surface area contributed by atoms with Gasteiger partial charge in [0, 0.05) is 72.5 Å². The second-order valence-electron chi connectivity index (χ2n) is 19.8. The SMILES string of the molecule is Cc1ncsc1-c1ccc(CNC(=O)C2C[C@H](O)CN2C(=O)[C@@H](NC(=O)COCCCOCCCOc2ccc(NC(=O)C[C@@H]3N=C(c4ccc(Cl)cc4)c4c(sc(C)c4C)-n4c(C)nnc43)cc2)C(C)(C)C)cc1. The van der Waals surface area contributed by atoms with Crippen molar-refractivity contribution in [3.8, 4) is 21.2 Å². The van der Waals surface area contributed by atoms with Crippen LogP contribution in [0.3, 0.4) is 0 Å². The maximum atomic E-state index is 14.0. The van der Waals surface area contributed by atoms with E-state index in [2.05, 4.69) is 45.0 Å². The fourth-order valence-electron chi connectivity index (χ4n) is 9.02. The van der Waals surface area contributed by atoms with Crippen molar-refractivity contribution in [2.45, 2.75) is 105 Å². The van der Waals surface area contributed by atoms with Gasteiger partial charge in [0.2, 0.25) is 23.6 Å². The average Bonchev–Trinajstić information content (AvgIpc) is 4.16. The zero-order valence-electron chi connectivity index (χ0n) is 43.3. The summed E-state index contributed by atoms with van der Waals surface area (Å²) in [6, 6.07) is 20.2. The van der Waals surface area contributed by atoms with Gasteiger partial charge in [-0.15, -0.1) is 32.9 Å². The van der Waals surface area contributed by atoms with Crippen LogP contribution >= 0.6 is 34.3 Å². The van der Waals surface area contributed by atoms with Gasteiger partial charge in [-0.3, -0.25) is 28.7 Å². The number of carbonyl (C=O) groups excluding carboxylic acids is 4. The number of carbonyl (C=O) groups is 4. The first-order valence-corrected chi connectivity index (χ1v) is 27.1. The van der Waals surface area contributed by atoms with Gasteiger partial charge >= 0.3 is 0 Å². The molecule has 0 aliphatic carbocycles. The highest BCUT2D eigenvalue weighted by Crippen LogP contribution is 2.40. The number of hydrogen-bond donors (Lipinski definition) is 4.